The monoisotopic (exact) mass is 284 g/mol. The minimum atomic E-state index is -0.835. The van der Waals surface area contributed by atoms with Crippen LogP contribution in [0.3, 0.4) is 0 Å². The van der Waals surface area contributed by atoms with Crippen molar-refractivity contribution in [3.8, 4) is 5.75 Å². The van der Waals surface area contributed by atoms with Gasteiger partial charge in [0, 0.05) is 11.4 Å². The normalized spacial score (nSPS) is 17.4. The SMILES string of the molecule is CC(COc1cccc2ccccc12)(NC1CC1)C(N)=O. The molecular weight excluding hydrogens is 264 g/mol. The summed E-state index contributed by atoms with van der Waals surface area (Å²) in [6.07, 6.45) is 2.19. The summed E-state index contributed by atoms with van der Waals surface area (Å²) >= 11 is 0. The molecule has 3 N–H and O–H groups in total. The number of benzene rings is 2. The fourth-order valence-electron chi connectivity index (χ4n) is 2.41. The molecule has 0 radical (unpaired) electrons. The first-order valence-electron chi connectivity index (χ1n) is 7.27. The van der Waals surface area contributed by atoms with Crippen LogP contribution in [0.25, 0.3) is 10.8 Å². The Morgan fingerprint density at radius 1 is 1.29 bits per heavy atom. The molecule has 2 aromatic rings. The van der Waals surface area contributed by atoms with E-state index in [0.717, 1.165) is 29.4 Å². The van der Waals surface area contributed by atoms with Gasteiger partial charge in [0.05, 0.1) is 0 Å². The smallest absolute Gasteiger partial charge is 0.240 e. The number of amides is 1. The first-order valence-corrected chi connectivity index (χ1v) is 7.27. The van der Waals surface area contributed by atoms with Gasteiger partial charge in [-0.15, -0.1) is 0 Å². The van der Waals surface area contributed by atoms with Gasteiger partial charge in [0.15, 0.2) is 0 Å². The number of ether oxygens (including phenoxy) is 1. The summed E-state index contributed by atoms with van der Waals surface area (Å²) in [6.45, 7) is 2.03. The Morgan fingerprint density at radius 2 is 2.00 bits per heavy atom. The molecule has 4 nitrogen and oxygen atoms in total. The van der Waals surface area contributed by atoms with Crippen LogP contribution in [0.4, 0.5) is 0 Å². The van der Waals surface area contributed by atoms with Gasteiger partial charge in [-0.3, -0.25) is 10.1 Å². The summed E-state index contributed by atoms with van der Waals surface area (Å²) in [5.74, 6) is 0.396. The van der Waals surface area contributed by atoms with E-state index in [4.69, 9.17) is 10.5 Å². The van der Waals surface area contributed by atoms with E-state index in [9.17, 15) is 4.79 Å². The number of hydrogen-bond donors (Lipinski definition) is 2. The highest BCUT2D eigenvalue weighted by Crippen LogP contribution is 2.27. The van der Waals surface area contributed by atoms with E-state index in [2.05, 4.69) is 5.32 Å². The number of carbonyl (C=O) groups excluding carboxylic acids is 1. The highest BCUT2D eigenvalue weighted by atomic mass is 16.5. The molecule has 0 bridgehead atoms. The van der Waals surface area contributed by atoms with Crippen molar-refractivity contribution in [2.45, 2.75) is 31.3 Å². The van der Waals surface area contributed by atoms with E-state index in [1.54, 1.807) is 6.92 Å². The second-order valence-electron chi connectivity index (χ2n) is 5.88. The molecule has 2 aromatic carbocycles. The lowest BCUT2D eigenvalue weighted by Crippen LogP contribution is -2.57. The van der Waals surface area contributed by atoms with Gasteiger partial charge in [-0.1, -0.05) is 36.4 Å². The molecule has 0 spiro atoms. The fraction of sp³-hybridized carbons (Fsp3) is 0.353. The van der Waals surface area contributed by atoms with Gasteiger partial charge < -0.3 is 10.5 Å². The average molecular weight is 284 g/mol. The van der Waals surface area contributed by atoms with Crippen LogP contribution >= 0.6 is 0 Å². The van der Waals surface area contributed by atoms with Crippen molar-refractivity contribution in [1.29, 1.82) is 0 Å². The van der Waals surface area contributed by atoms with Crippen LogP contribution in [0.1, 0.15) is 19.8 Å². The highest BCUT2D eigenvalue weighted by molar-refractivity contribution is 5.88. The summed E-state index contributed by atoms with van der Waals surface area (Å²) in [5, 5.41) is 5.44. The lowest BCUT2D eigenvalue weighted by molar-refractivity contribution is -0.125. The molecule has 110 valence electrons. The van der Waals surface area contributed by atoms with E-state index >= 15 is 0 Å². The molecule has 0 aliphatic heterocycles. The second-order valence-corrected chi connectivity index (χ2v) is 5.88. The topological polar surface area (TPSA) is 64.3 Å². The van der Waals surface area contributed by atoms with E-state index in [1.165, 1.54) is 0 Å². The lowest BCUT2D eigenvalue weighted by atomic mass is 10.0. The summed E-state index contributed by atoms with van der Waals surface area (Å²) in [6, 6.07) is 14.3. The molecule has 1 unspecified atom stereocenters. The number of carbonyl (C=O) groups is 1. The molecule has 1 fully saturated rings. The van der Waals surface area contributed by atoms with Crippen LogP contribution in [-0.2, 0) is 4.79 Å². The molecule has 3 rings (SSSR count). The molecule has 0 aromatic heterocycles. The van der Waals surface area contributed by atoms with Gasteiger partial charge in [0.2, 0.25) is 5.91 Å². The van der Waals surface area contributed by atoms with Crippen LogP contribution in [0.2, 0.25) is 0 Å². The molecule has 1 aliphatic carbocycles. The molecule has 21 heavy (non-hydrogen) atoms. The fourth-order valence-corrected chi connectivity index (χ4v) is 2.41. The second kappa shape index (κ2) is 5.37. The van der Waals surface area contributed by atoms with Gasteiger partial charge in [-0.25, -0.2) is 0 Å². The molecule has 0 heterocycles. The Bertz CT molecular complexity index is 661. The van der Waals surface area contributed by atoms with Crippen molar-refractivity contribution >= 4 is 16.7 Å². The zero-order valence-electron chi connectivity index (χ0n) is 12.1. The Morgan fingerprint density at radius 3 is 2.71 bits per heavy atom. The summed E-state index contributed by atoms with van der Waals surface area (Å²) in [5.41, 5.74) is 4.71. The predicted molar refractivity (Wildman–Crippen MR) is 83.2 cm³/mol. The molecule has 1 saturated carbocycles. The van der Waals surface area contributed by atoms with Crippen LogP contribution < -0.4 is 15.8 Å². The maximum absolute atomic E-state index is 11.7. The molecule has 1 aliphatic rings. The van der Waals surface area contributed by atoms with Crippen molar-refractivity contribution < 1.29 is 9.53 Å². The predicted octanol–water partition coefficient (Wildman–Crippen LogP) is 2.21. The summed E-state index contributed by atoms with van der Waals surface area (Å²) < 4.78 is 5.91. The van der Waals surface area contributed by atoms with Crippen molar-refractivity contribution in [3.63, 3.8) is 0 Å². The number of nitrogens with two attached hydrogens (primary N) is 1. The van der Waals surface area contributed by atoms with Gasteiger partial charge in [0.1, 0.15) is 17.9 Å². The molecule has 4 heteroatoms. The number of nitrogens with one attached hydrogen (secondary N) is 1. The van der Waals surface area contributed by atoms with Gasteiger partial charge in [0.25, 0.3) is 0 Å². The minimum Gasteiger partial charge on any atom is -0.490 e. The van der Waals surface area contributed by atoms with Crippen LogP contribution in [0, 0.1) is 0 Å². The van der Waals surface area contributed by atoms with Crippen LogP contribution in [-0.4, -0.2) is 24.1 Å². The van der Waals surface area contributed by atoms with E-state index in [0.29, 0.717) is 6.04 Å². The third-order valence-electron chi connectivity index (χ3n) is 3.91. The lowest BCUT2D eigenvalue weighted by Gasteiger charge is -2.27. The minimum absolute atomic E-state index is 0.229. The number of fused-ring (bicyclic) bond motifs is 1. The van der Waals surface area contributed by atoms with Gasteiger partial charge in [-0.2, -0.15) is 0 Å². The summed E-state index contributed by atoms with van der Waals surface area (Å²) in [4.78, 5) is 11.7. The van der Waals surface area contributed by atoms with E-state index in [1.807, 2.05) is 42.5 Å². The highest BCUT2D eigenvalue weighted by Gasteiger charge is 2.37. The Labute approximate surface area is 124 Å². The zero-order chi connectivity index (χ0) is 14.9. The van der Waals surface area contributed by atoms with E-state index in [-0.39, 0.29) is 12.5 Å². The quantitative estimate of drug-likeness (QED) is 0.855. The van der Waals surface area contributed by atoms with Crippen LogP contribution in [0.15, 0.2) is 42.5 Å². The van der Waals surface area contributed by atoms with Gasteiger partial charge in [-0.05, 0) is 31.2 Å². The Kier molecular flexibility index (Phi) is 3.55. The molecule has 1 amide bonds. The maximum atomic E-state index is 11.7. The standard InChI is InChI=1S/C17H20N2O2/c1-17(16(18)20,19-13-9-10-13)11-21-15-8-4-6-12-5-2-3-7-14(12)15/h2-8,13,19H,9-11H2,1H3,(H2,18,20). The maximum Gasteiger partial charge on any atom is 0.240 e. The van der Waals surface area contributed by atoms with Crippen LogP contribution in [0.5, 0.6) is 5.75 Å². The number of hydrogen-bond acceptors (Lipinski definition) is 3. The first kappa shape index (κ1) is 13.9. The largest absolute Gasteiger partial charge is 0.490 e. The summed E-state index contributed by atoms with van der Waals surface area (Å²) in [7, 11) is 0. The zero-order valence-corrected chi connectivity index (χ0v) is 12.1. The first-order chi connectivity index (χ1) is 10.1. The van der Waals surface area contributed by atoms with Crippen molar-refractivity contribution in [2.75, 3.05) is 6.61 Å². The van der Waals surface area contributed by atoms with Crippen molar-refractivity contribution in [1.82, 2.24) is 5.32 Å². The van der Waals surface area contributed by atoms with Gasteiger partial charge >= 0.3 is 0 Å². The number of rotatable bonds is 6. The Balaban J connectivity index is 1.79. The average Bonchev–Trinajstić information content (AvgIpc) is 3.28. The molecule has 1 atom stereocenters. The van der Waals surface area contributed by atoms with E-state index < -0.39 is 5.54 Å². The number of primary amides is 1. The third-order valence-corrected chi connectivity index (χ3v) is 3.91. The third kappa shape index (κ3) is 3.00. The Hall–Kier alpha value is -2.07. The van der Waals surface area contributed by atoms with Crippen molar-refractivity contribution in [3.05, 3.63) is 42.5 Å². The molecular formula is C17H20N2O2. The van der Waals surface area contributed by atoms with Crippen molar-refractivity contribution in [2.24, 2.45) is 5.73 Å². The molecule has 0 saturated heterocycles.